The van der Waals surface area contributed by atoms with Crippen LogP contribution >= 0.6 is 24.0 Å². The standard InChI is InChI=1S/C21H36N4O3.HI/c1-6-22-21(23-13-18-15-25(10-11-28-18)14-16(3)4)24-17-8-9-19(26-5)20(12-17)27-7-2;/h8-9,12,16,18H,6-7,10-11,13-15H2,1-5H3,(H2,22,23,24);1H. The van der Waals surface area contributed by atoms with Gasteiger partial charge in [-0.25, -0.2) is 0 Å². The third-order valence-electron chi connectivity index (χ3n) is 4.37. The molecule has 7 nitrogen and oxygen atoms in total. The first kappa shape index (κ1) is 25.8. The van der Waals surface area contributed by atoms with Gasteiger partial charge < -0.3 is 24.8 Å². The second kappa shape index (κ2) is 13.9. The van der Waals surface area contributed by atoms with Crippen molar-refractivity contribution in [2.45, 2.75) is 33.8 Å². The number of nitrogens with zero attached hydrogens (tertiary/aromatic N) is 2. The van der Waals surface area contributed by atoms with E-state index in [1.54, 1.807) is 7.11 Å². The van der Waals surface area contributed by atoms with Gasteiger partial charge in [0.2, 0.25) is 0 Å². The molecular weight excluding hydrogens is 483 g/mol. The van der Waals surface area contributed by atoms with E-state index in [0.717, 1.165) is 50.2 Å². The van der Waals surface area contributed by atoms with E-state index in [0.29, 0.717) is 24.8 Å². The highest BCUT2D eigenvalue weighted by atomic mass is 127. The van der Waals surface area contributed by atoms with Crippen LogP contribution in [0.1, 0.15) is 27.7 Å². The van der Waals surface area contributed by atoms with Crippen LogP contribution in [0.3, 0.4) is 0 Å². The average molecular weight is 520 g/mol. The highest BCUT2D eigenvalue weighted by Crippen LogP contribution is 2.30. The lowest BCUT2D eigenvalue weighted by atomic mass is 10.2. The lowest BCUT2D eigenvalue weighted by molar-refractivity contribution is -0.0261. The van der Waals surface area contributed by atoms with E-state index in [9.17, 15) is 0 Å². The second-order valence-corrected chi connectivity index (χ2v) is 7.29. The Morgan fingerprint density at radius 1 is 1.31 bits per heavy atom. The Hall–Kier alpha value is -1.26. The molecule has 0 bridgehead atoms. The molecule has 0 spiro atoms. The Morgan fingerprint density at radius 2 is 2.10 bits per heavy atom. The number of halogens is 1. The highest BCUT2D eigenvalue weighted by Gasteiger charge is 2.20. The van der Waals surface area contributed by atoms with Gasteiger partial charge in [0.1, 0.15) is 0 Å². The van der Waals surface area contributed by atoms with Crippen LogP contribution < -0.4 is 20.1 Å². The minimum absolute atomic E-state index is 0. The van der Waals surface area contributed by atoms with Gasteiger partial charge in [0.15, 0.2) is 17.5 Å². The predicted octanol–water partition coefficient (Wildman–Crippen LogP) is 3.45. The zero-order valence-electron chi connectivity index (χ0n) is 18.4. The van der Waals surface area contributed by atoms with E-state index in [4.69, 9.17) is 19.2 Å². The molecule has 0 saturated carbocycles. The number of nitrogens with one attached hydrogen (secondary N) is 2. The zero-order valence-corrected chi connectivity index (χ0v) is 20.7. The third kappa shape index (κ3) is 8.96. The van der Waals surface area contributed by atoms with Gasteiger partial charge in [-0.1, -0.05) is 13.8 Å². The lowest BCUT2D eigenvalue weighted by Crippen LogP contribution is -2.45. The van der Waals surface area contributed by atoms with Gasteiger partial charge in [0.05, 0.1) is 33.0 Å². The fraction of sp³-hybridized carbons (Fsp3) is 0.667. The number of hydrogen-bond acceptors (Lipinski definition) is 5. The minimum Gasteiger partial charge on any atom is -0.493 e. The Balaban J connectivity index is 0.00000420. The van der Waals surface area contributed by atoms with Gasteiger partial charge in [-0.05, 0) is 31.9 Å². The molecule has 0 aliphatic carbocycles. The molecule has 1 saturated heterocycles. The van der Waals surface area contributed by atoms with Crippen LogP contribution in [0.5, 0.6) is 11.5 Å². The van der Waals surface area contributed by atoms with E-state index in [2.05, 4.69) is 36.3 Å². The molecule has 0 radical (unpaired) electrons. The first-order valence-electron chi connectivity index (χ1n) is 10.3. The van der Waals surface area contributed by atoms with E-state index < -0.39 is 0 Å². The van der Waals surface area contributed by atoms with Crippen LogP contribution in [-0.2, 0) is 4.74 Å². The molecule has 1 aromatic rings. The third-order valence-corrected chi connectivity index (χ3v) is 4.37. The van der Waals surface area contributed by atoms with Crippen molar-refractivity contribution in [2.24, 2.45) is 10.9 Å². The number of ether oxygens (including phenoxy) is 3. The fourth-order valence-electron chi connectivity index (χ4n) is 3.23. The Labute approximate surface area is 192 Å². The average Bonchev–Trinajstić information content (AvgIpc) is 2.67. The maximum absolute atomic E-state index is 5.91. The van der Waals surface area contributed by atoms with Crippen molar-refractivity contribution in [2.75, 3.05) is 58.4 Å². The molecule has 1 atom stereocenters. The van der Waals surface area contributed by atoms with Crippen LogP contribution in [-0.4, -0.2) is 70.0 Å². The molecule has 1 aliphatic heterocycles. The van der Waals surface area contributed by atoms with Gasteiger partial charge in [-0.3, -0.25) is 9.89 Å². The van der Waals surface area contributed by atoms with Crippen molar-refractivity contribution < 1.29 is 14.2 Å². The van der Waals surface area contributed by atoms with E-state index in [-0.39, 0.29) is 30.1 Å². The number of benzene rings is 1. The molecule has 29 heavy (non-hydrogen) atoms. The van der Waals surface area contributed by atoms with E-state index >= 15 is 0 Å². The molecule has 2 N–H and O–H groups in total. The molecule has 1 aliphatic rings. The quantitative estimate of drug-likeness (QED) is 0.296. The zero-order chi connectivity index (χ0) is 20.4. The molecule has 1 aromatic carbocycles. The number of methoxy groups -OCH3 is 1. The monoisotopic (exact) mass is 520 g/mol. The van der Waals surface area contributed by atoms with Gasteiger partial charge in [0.25, 0.3) is 0 Å². The van der Waals surface area contributed by atoms with E-state index in [1.165, 1.54) is 0 Å². The number of guanidine groups is 1. The predicted molar refractivity (Wildman–Crippen MR) is 130 cm³/mol. The molecule has 1 fully saturated rings. The SMILES string of the molecule is CCNC(=NCC1CN(CC(C)C)CCO1)Nc1ccc(OC)c(OCC)c1.I. The summed E-state index contributed by atoms with van der Waals surface area (Å²) in [5.74, 6) is 2.83. The molecule has 2 rings (SSSR count). The molecule has 1 unspecified atom stereocenters. The lowest BCUT2D eigenvalue weighted by Gasteiger charge is -2.33. The summed E-state index contributed by atoms with van der Waals surface area (Å²) in [5.41, 5.74) is 0.898. The topological polar surface area (TPSA) is 67.4 Å². The Bertz CT molecular complexity index is 628. The smallest absolute Gasteiger partial charge is 0.195 e. The Morgan fingerprint density at radius 3 is 2.76 bits per heavy atom. The summed E-state index contributed by atoms with van der Waals surface area (Å²) in [7, 11) is 1.64. The number of hydrogen-bond donors (Lipinski definition) is 2. The first-order chi connectivity index (χ1) is 13.5. The van der Waals surface area contributed by atoms with Crippen LogP contribution in [0.15, 0.2) is 23.2 Å². The minimum atomic E-state index is 0. The molecule has 166 valence electrons. The number of rotatable bonds is 9. The molecule has 0 amide bonds. The second-order valence-electron chi connectivity index (χ2n) is 7.29. The first-order valence-corrected chi connectivity index (χ1v) is 10.3. The summed E-state index contributed by atoms with van der Waals surface area (Å²) >= 11 is 0. The highest BCUT2D eigenvalue weighted by molar-refractivity contribution is 14.0. The van der Waals surface area contributed by atoms with Gasteiger partial charge in [-0.15, -0.1) is 24.0 Å². The van der Waals surface area contributed by atoms with Crippen molar-refractivity contribution in [3.63, 3.8) is 0 Å². The van der Waals surface area contributed by atoms with Crippen molar-refractivity contribution in [1.29, 1.82) is 0 Å². The van der Waals surface area contributed by atoms with Crippen LogP contribution in [0, 0.1) is 5.92 Å². The van der Waals surface area contributed by atoms with Crippen LogP contribution in [0.2, 0.25) is 0 Å². The largest absolute Gasteiger partial charge is 0.493 e. The summed E-state index contributed by atoms with van der Waals surface area (Å²) < 4.78 is 16.9. The molecule has 0 aromatic heterocycles. The Kier molecular flexibility index (Phi) is 12.3. The normalized spacial score (nSPS) is 17.6. The van der Waals surface area contributed by atoms with E-state index in [1.807, 2.05) is 25.1 Å². The summed E-state index contributed by atoms with van der Waals surface area (Å²) in [6, 6.07) is 5.78. The number of anilines is 1. The van der Waals surface area contributed by atoms with Crippen molar-refractivity contribution in [3.8, 4) is 11.5 Å². The maximum Gasteiger partial charge on any atom is 0.195 e. The van der Waals surface area contributed by atoms with Crippen molar-refractivity contribution in [1.82, 2.24) is 10.2 Å². The molecule has 8 heteroatoms. The van der Waals surface area contributed by atoms with Crippen molar-refractivity contribution in [3.05, 3.63) is 18.2 Å². The summed E-state index contributed by atoms with van der Waals surface area (Å²) in [5, 5.41) is 6.64. The maximum atomic E-state index is 5.91. The summed E-state index contributed by atoms with van der Waals surface area (Å²) in [6.45, 7) is 14.3. The van der Waals surface area contributed by atoms with Gasteiger partial charge >= 0.3 is 0 Å². The van der Waals surface area contributed by atoms with Crippen LogP contribution in [0.25, 0.3) is 0 Å². The fourth-order valence-corrected chi connectivity index (χ4v) is 3.23. The number of aliphatic imine (C=N–C) groups is 1. The number of morpholine rings is 1. The van der Waals surface area contributed by atoms with Crippen molar-refractivity contribution >= 4 is 35.6 Å². The van der Waals surface area contributed by atoms with Gasteiger partial charge in [-0.2, -0.15) is 0 Å². The van der Waals surface area contributed by atoms with Gasteiger partial charge in [0, 0.05) is 37.9 Å². The summed E-state index contributed by atoms with van der Waals surface area (Å²) in [6.07, 6.45) is 0.123. The van der Waals surface area contributed by atoms with Crippen LogP contribution in [0.4, 0.5) is 5.69 Å². The molecule has 1 heterocycles. The molecular formula is C21H37IN4O3. The summed E-state index contributed by atoms with van der Waals surface area (Å²) in [4.78, 5) is 7.20.